The van der Waals surface area contributed by atoms with Crippen molar-refractivity contribution in [3.8, 4) is 0 Å². The van der Waals surface area contributed by atoms with Gasteiger partial charge in [0.05, 0.1) is 17.1 Å². The molecule has 0 aliphatic carbocycles. The lowest BCUT2D eigenvalue weighted by molar-refractivity contribution is -0.138. The SMILES string of the molecule is NC1(Cc2ccccc2C(F)(F)F)CCS(=O)(=O)CC1. The van der Waals surface area contributed by atoms with Crippen LogP contribution in [0.25, 0.3) is 0 Å². The van der Waals surface area contributed by atoms with Gasteiger partial charge in [0.25, 0.3) is 0 Å². The molecule has 2 N–H and O–H groups in total. The van der Waals surface area contributed by atoms with E-state index < -0.39 is 27.1 Å². The van der Waals surface area contributed by atoms with Crippen molar-refractivity contribution in [3.63, 3.8) is 0 Å². The summed E-state index contributed by atoms with van der Waals surface area (Å²) in [6.45, 7) is 0. The van der Waals surface area contributed by atoms with Crippen LogP contribution in [0.15, 0.2) is 24.3 Å². The third-order valence-electron chi connectivity index (χ3n) is 3.69. The Kier molecular flexibility index (Phi) is 3.85. The molecule has 0 spiro atoms. The van der Waals surface area contributed by atoms with Gasteiger partial charge in [-0.15, -0.1) is 0 Å². The molecule has 3 nitrogen and oxygen atoms in total. The lowest BCUT2D eigenvalue weighted by atomic mass is 9.85. The van der Waals surface area contributed by atoms with E-state index in [9.17, 15) is 21.6 Å². The minimum atomic E-state index is -4.42. The van der Waals surface area contributed by atoms with Crippen molar-refractivity contribution in [1.82, 2.24) is 0 Å². The van der Waals surface area contributed by atoms with Gasteiger partial charge in [-0.25, -0.2) is 8.42 Å². The summed E-state index contributed by atoms with van der Waals surface area (Å²) in [7, 11) is -3.09. The van der Waals surface area contributed by atoms with Crippen LogP contribution in [0.3, 0.4) is 0 Å². The van der Waals surface area contributed by atoms with E-state index in [0.29, 0.717) is 0 Å². The summed E-state index contributed by atoms with van der Waals surface area (Å²) in [4.78, 5) is 0. The van der Waals surface area contributed by atoms with Crippen molar-refractivity contribution in [3.05, 3.63) is 35.4 Å². The van der Waals surface area contributed by atoms with Crippen molar-refractivity contribution in [1.29, 1.82) is 0 Å². The summed E-state index contributed by atoms with van der Waals surface area (Å²) in [5.41, 5.74) is 4.64. The number of hydrogen-bond donors (Lipinski definition) is 1. The average molecular weight is 307 g/mol. The zero-order valence-electron chi connectivity index (χ0n) is 10.8. The molecular formula is C13H16F3NO2S. The fraction of sp³-hybridized carbons (Fsp3) is 0.538. The normalized spacial score (nSPS) is 21.6. The minimum Gasteiger partial charge on any atom is -0.325 e. The molecule has 1 aliphatic rings. The van der Waals surface area contributed by atoms with Gasteiger partial charge in [-0.2, -0.15) is 13.2 Å². The van der Waals surface area contributed by atoms with Crippen molar-refractivity contribution in [2.24, 2.45) is 5.73 Å². The molecular weight excluding hydrogens is 291 g/mol. The van der Waals surface area contributed by atoms with E-state index in [1.807, 2.05) is 0 Å². The third-order valence-corrected chi connectivity index (χ3v) is 5.34. The third kappa shape index (κ3) is 3.52. The molecule has 0 saturated carbocycles. The van der Waals surface area contributed by atoms with Crippen LogP contribution in [-0.4, -0.2) is 25.5 Å². The minimum absolute atomic E-state index is 0.0399. The van der Waals surface area contributed by atoms with Gasteiger partial charge in [0.15, 0.2) is 0 Å². The molecule has 1 aromatic rings. The maximum absolute atomic E-state index is 12.9. The highest BCUT2D eigenvalue weighted by atomic mass is 32.2. The van der Waals surface area contributed by atoms with Crippen LogP contribution in [0.1, 0.15) is 24.0 Å². The van der Waals surface area contributed by atoms with E-state index in [4.69, 9.17) is 5.73 Å². The lowest BCUT2D eigenvalue weighted by Crippen LogP contribution is -2.49. The number of benzene rings is 1. The zero-order chi connectivity index (χ0) is 15.0. The number of rotatable bonds is 2. The monoisotopic (exact) mass is 307 g/mol. The Bertz CT molecular complexity index is 582. The maximum atomic E-state index is 12.9. The van der Waals surface area contributed by atoms with Crippen LogP contribution in [0, 0.1) is 0 Å². The highest BCUT2D eigenvalue weighted by Crippen LogP contribution is 2.34. The molecule has 20 heavy (non-hydrogen) atoms. The lowest BCUT2D eigenvalue weighted by Gasteiger charge is -2.34. The van der Waals surface area contributed by atoms with Crippen LogP contribution in [-0.2, 0) is 22.4 Å². The first kappa shape index (κ1) is 15.3. The molecule has 0 aromatic heterocycles. The van der Waals surface area contributed by atoms with Gasteiger partial charge < -0.3 is 5.73 Å². The van der Waals surface area contributed by atoms with E-state index in [1.54, 1.807) is 0 Å². The fourth-order valence-corrected chi connectivity index (χ4v) is 4.09. The molecule has 1 fully saturated rings. The predicted octanol–water partition coefficient (Wildman–Crippen LogP) is 2.15. The first-order valence-electron chi connectivity index (χ1n) is 6.26. The molecule has 7 heteroatoms. The second-order valence-electron chi connectivity index (χ2n) is 5.35. The van der Waals surface area contributed by atoms with Gasteiger partial charge in [-0.05, 0) is 30.9 Å². The van der Waals surface area contributed by atoms with Crippen LogP contribution >= 0.6 is 0 Å². The Hall–Kier alpha value is -1.08. The van der Waals surface area contributed by atoms with E-state index in [1.165, 1.54) is 18.2 Å². The molecule has 1 heterocycles. The highest BCUT2D eigenvalue weighted by Gasteiger charge is 2.38. The molecule has 1 aliphatic heterocycles. The number of halogens is 3. The van der Waals surface area contributed by atoms with Crippen LogP contribution in [0.2, 0.25) is 0 Å². The molecule has 0 atom stereocenters. The topological polar surface area (TPSA) is 60.2 Å². The van der Waals surface area contributed by atoms with E-state index in [2.05, 4.69) is 0 Å². The fourth-order valence-electron chi connectivity index (χ4n) is 2.45. The molecule has 1 aromatic carbocycles. The van der Waals surface area contributed by atoms with Crippen molar-refractivity contribution >= 4 is 9.84 Å². The van der Waals surface area contributed by atoms with Crippen LogP contribution in [0.4, 0.5) is 13.2 Å². The van der Waals surface area contributed by atoms with Crippen molar-refractivity contribution in [2.75, 3.05) is 11.5 Å². The standard InChI is InChI=1S/C13H16F3NO2S/c14-13(15,16)11-4-2-1-3-10(11)9-12(17)5-7-20(18,19)8-6-12/h1-4H,5-9,17H2. The molecule has 2 rings (SSSR count). The molecule has 0 unspecified atom stereocenters. The predicted molar refractivity (Wildman–Crippen MR) is 70.0 cm³/mol. The summed E-state index contributed by atoms with van der Waals surface area (Å²) in [6.07, 6.45) is -3.99. The zero-order valence-corrected chi connectivity index (χ0v) is 11.6. The van der Waals surface area contributed by atoms with Gasteiger partial charge in [-0.1, -0.05) is 18.2 Å². The Balaban J connectivity index is 2.23. The van der Waals surface area contributed by atoms with Crippen LogP contribution < -0.4 is 5.73 Å². The van der Waals surface area contributed by atoms with Gasteiger partial charge in [0.1, 0.15) is 9.84 Å². The molecule has 1 saturated heterocycles. The van der Waals surface area contributed by atoms with Crippen molar-refractivity contribution in [2.45, 2.75) is 31.0 Å². The Morgan fingerprint density at radius 1 is 1.15 bits per heavy atom. The molecule has 0 bridgehead atoms. The second kappa shape index (κ2) is 5.04. The number of hydrogen-bond acceptors (Lipinski definition) is 3. The first-order chi connectivity index (χ1) is 9.11. The summed E-state index contributed by atoms with van der Waals surface area (Å²) in [6, 6.07) is 5.30. The van der Waals surface area contributed by atoms with Gasteiger partial charge >= 0.3 is 6.18 Å². The summed E-state index contributed by atoms with van der Waals surface area (Å²) in [5, 5.41) is 0. The van der Waals surface area contributed by atoms with Gasteiger partial charge in [0, 0.05) is 5.54 Å². The average Bonchev–Trinajstić information content (AvgIpc) is 2.33. The van der Waals surface area contributed by atoms with E-state index in [0.717, 1.165) is 6.07 Å². The summed E-state index contributed by atoms with van der Waals surface area (Å²) < 4.78 is 61.5. The van der Waals surface area contributed by atoms with Crippen molar-refractivity contribution < 1.29 is 21.6 Å². The van der Waals surface area contributed by atoms with E-state index >= 15 is 0 Å². The first-order valence-corrected chi connectivity index (χ1v) is 8.08. The molecule has 0 radical (unpaired) electrons. The smallest absolute Gasteiger partial charge is 0.325 e. The highest BCUT2D eigenvalue weighted by molar-refractivity contribution is 7.91. The Morgan fingerprint density at radius 2 is 1.70 bits per heavy atom. The van der Waals surface area contributed by atoms with Gasteiger partial charge in [-0.3, -0.25) is 0 Å². The molecule has 0 amide bonds. The summed E-state index contributed by atoms with van der Waals surface area (Å²) in [5.74, 6) is -0.116. The second-order valence-corrected chi connectivity index (χ2v) is 7.65. The largest absolute Gasteiger partial charge is 0.416 e. The number of sulfone groups is 1. The summed E-state index contributed by atoms with van der Waals surface area (Å²) >= 11 is 0. The number of alkyl halides is 3. The maximum Gasteiger partial charge on any atom is 0.416 e. The van der Waals surface area contributed by atoms with E-state index in [-0.39, 0.29) is 36.3 Å². The molecule has 112 valence electrons. The van der Waals surface area contributed by atoms with Crippen LogP contribution in [0.5, 0.6) is 0 Å². The quantitative estimate of drug-likeness (QED) is 0.911. The Labute approximate surface area is 115 Å². The van der Waals surface area contributed by atoms with Gasteiger partial charge in [0.2, 0.25) is 0 Å². The Morgan fingerprint density at radius 3 is 2.25 bits per heavy atom. The number of nitrogens with two attached hydrogens (primary N) is 1.